The highest BCUT2D eigenvalue weighted by molar-refractivity contribution is 5.26. The molecule has 0 saturated carbocycles. The molecule has 102 valence electrons. The van der Waals surface area contributed by atoms with Gasteiger partial charge in [-0.2, -0.15) is 0 Å². The minimum absolute atomic E-state index is 0.0939. The fourth-order valence-corrected chi connectivity index (χ4v) is 2.06. The van der Waals surface area contributed by atoms with E-state index in [4.69, 9.17) is 5.11 Å². The van der Waals surface area contributed by atoms with E-state index in [9.17, 15) is 4.39 Å². The SMILES string of the molecule is Cc1cc(F)ccc1CNC(CCO)C(C)(C)C. The first-order valence-corrected chi connectivity index (χ1v) is 6.44. The van der Waals surface area contributed by atoms with Crippen LogP contribution in [0.25, 0.3) is 0 Å². The van der Waals surface area contributed by atoms with E-state index in [-0.39, 0.29) is 23.9 Å². The van der Waals surface area contributed by atoms with Crippen molar-refractivity contribution in [2.75, 3.05) is 6.61 Å². The number of hydrogen-bond acceptors (Lipinski definition) is 2. The van der Waals surface area contributed by atoms with Gasteiger partial charge in [-0.3, -0.25) is 0 Å². The molecule has 0 spiro atoms. The molecule has 0 fully saturated rings. The number of aliphatic hydroxyl groups excluding tert-OH is 1. The number of benzene rings is 1. The monoisotopic (exact) mass is 253 g/mol. The number of aliphatic hydroxyl groups is 1. The number of hydrogen-bond donors (Lipinski definition) is 2. The lowest BCUT2D eigenvalue weighted by Crippen LogP contribution is -2.40. The molecule has 2 nitrogen and oxygen atoms in total. The fraction of sp³-hybridized carbons (Fsp3) is 0.600. The van der Waals surface area contributed by atoms with Gasteiger partial charge >= 0.3 is 0 Å². The van der Waals surface area contributed by atoms with Gasteiger partial charge in [-0.25, -0.2) is 4.39 Å². The molecule has 3 heteroatoms. The van der Waals surface area contributed by atoms with Gasteiger partial charge in [0.15, 0.2) is 0 Å². The van der Waals surface area contributed by atoms with Gasteiger partial charge in [-0.15, -0.1) is 0 Å². The predicted octanol–water partition coefficient (Wildman–Crippen LogP) is 3.02. The maximum Gasteiger partial charge on any atom is 0.123 e. The zero-order valence-corrected chi connectivity index (χ0v) is 11.8. The van der Waals surface area contributed by atoms with Gasteiger partial charge in [0.25, 0.3) is 0 Å². The smallest absolute Gasteiger partial charge is 0.123 e. The van der Waals surface area contributed by atoms with Crippen molar-refractivity contribution in [3.63, 3.8) is 0 Å². The van der Waals surface area contributed by atoms with Gasteiger partial charge in [-0.1, -0.05) is 26.8 Å². The molecular weight excluding hydrogens is 229 g/mol. The summed E-state index contributed by atoms with van der Waals surface area (Å²) in [4.78, 5) is 0. The first-order valence-electron chi connectivity index (χ1n) is 6.44. The molecule has 0 aliphatic rings. The van der Waals surface area contributed by atoms with Gasteiger partial charge in [0, 0.05) is 19.2 Å². The van der Waals surface area contributed by atoms with E-state index in [0.29, 0.717) is 6.54 Å². The van der Waals surface area contributed by atoms with Crippen LogP contribution in [0.4, 0.5) is 4.39 Å². The molecule has 0 radical (unpaired) electrons. The highest BCUT2D eigenvalue weighted by Gasteiger charge is 2.23. The lowest BCUT2D eigenvalue weighted by atomic mass is 9.85. The Labute approximate surface area is 109 Å². The van der Waals surface area contributed by atoms with Crippen LogP contribution in [0, 0.1) is 18.2 Å². The molecule has 0 saturated heterocycles. The van der Waals surface area contributed by atoms with E-state index in [1.165, 1.54) is 6.07 Å². The molecule has 1 aromatic rings. The lowest BCUT2D eigenvalue weighted by molar-refractivity contribution is 0.196. The summed E-state index contributed by atoms with van der Waals surface area (Å²) in [6.07, 6.45) is 0.726. The molecule has 1 unspecified atom stereocenters. The van der Waals surface area contributed by atoms with Crippen LogP contribution in [0.5, 0.6) is 0 Å². The summed E-state index contributed by atoms with van der Waals surface area (Å²) < 4.78 is 13.0. The van der Waals surface area contributed by atoms with E-state index < -0.39 is 0 Å². The summed E-state index contributed by atoms with van der Waals surface area (Å²) in [6, 6.07) is 5.10. The Morgan fingerprint density at radius 2 is 2.00 bits per heavy atom. The largest absolute Gasteiger partial charge is 0.396 e. The van der Waals surface area contributed by atoms with Gasteiger partial charge in [0.05, 0.1) is 0 Å². The lowest BCUT2D eigenvalue weighted by Gasteiger charge is -2.31. The molecule has 0 bridgehead atoms. The highest BCUT2D eigenvalue weighted by Crippen LogP contribution is 2.22. The Kier molecular flexibility index (Phi) is 5.29. The van der Waals surface area contributed by atoms with Crippen LogP contribution in [-0.4, -0.2) is 17.8 Å². The van der Waals surface area contributed by atoms with Crippen LogP contribution in [0.2, 0.25) is 0 Å². The van der Waals surface area contributed by atoms with Crippen molar-refractivity contribution in [3.05, 3.63) is 35.1 Å². The summed E-state index contributed by atoms with van der Waals surface area (Å²) in [6.45, 7) is 9.25. The molecule has 0 aliphatic carbocycles. The molecule has 0 aliphatic heterocycles. The Bertz CT molecular complexity index is 385. The Morgan fingerprint density at radius 1 is 1.33 bits per heavy atom. The van der Waals surface area contributed by atoms with Crippen molar-refractivity contribution < 1.29 is 9.50 Å². The molecule has 0 amide bonds. The second kappa shape index (κ2) is 6.30. The number of aryl methyl sites for hydroxylation is 1. The zero-order chi connectivity index (χ0) is 13.8. The number of halogens is 1. The van der Waals surface area contributed by atoms with E-state index >= 15 is 0 Å². The molecule has 1 aromatic carbocycles. The molecule has 1 rings (SSSR count). The van der Waals surface area contributed by atoms with Crippen LogP contribution in [0.1, 0.15) is 38.3 Å². The third-order valence-corrected chi connectivity index (χ3v) is 3.31. The maximum atomic E-state index is 13.0. The van der Waals surface area contributed by atoms with Gasteiger partial charge in [0.1, 0.15) is 5.82 Å². The number of rotatable bonds is 5. The number of nitrogens with one attached hydrogen (secondary N) is 1. The molecule has 1 atom stereocenters. The van der Waals surface area contributed by atoms with E-state index in [1.54, 1.807) is 6.07 Å². The van der Waals surface area contributed by atoms with Crippen molar-refractivity contribution in [1.82, 2.24) is 5.32 Å². The predicted molar refractivity (Wildman–Crippen MR) is 72.9 cm³/mol. The average molecular weight is 253 g/mol. The fourth-order valence-electron chi connectivity index (χ4n) is 2.06. The van der Waals surface area contributed by atoms with Gasteiger partial charge in [0.2, 0.25) is 0 Å². The molecular formula is C15H24FNO. The average Bonchev–Trinajstić information content (AvgIpc) is 2.24. The molecule has 0 aromatic heterocycles. The van der Waals surface area contributed by atoms with Crippen molar-refractivity contribution in [2.45, 2.75) is 46.7 Å². The summed E-state index contributed by atoms with van der Waals surface area (Å²) in [7, 11) is 0. The van der Waals surface area contributed by atoms with Crippen molar-refractivity contribution >= 4 is 0 Å². The van der Waals surface area contributed by atoms with Crippen molar-refractivity contribution in [3.8, 4) is 0 Å². The Hall–Kier alpha value is -0.930. The Balaban J connectivity index is 2.67. The van der Waals surface area contributed by atoms with Crippen LogP contribution in [0.15, 0.2) is 18.2 Å². The Morgan fingerprint density at radius 3 is 2.50 bits per heavy atom. The first kappa shape index (κ1) is 15.1. The van der Waals surface area contributed by atoms with Crippen molar-refractivity contribution in [1.29, 1.82) is 0 Å². The van der Waals surface area contributed by atoms with E-state index in [1.807, 2.05) is 13.0 Å². The summed E-state index contributed by atoms with van der Waals surface area (Å²) in [5.41, 5.74) is 2.15. The summed E-state index contributed by atoms with van der Waals surface area (Å²) in [5, 5.41) is 12.6. The highest BCUT2D eigenvalue weighted by atomic mass is 19.1. The second-order valence-corrected chi connectivity index (χ2v) is 5.88. The minimum Gasteiger partial charge on any atom is -0.396 e. The second-order valence-electron chi connectivity index (χ2n) is 5.88. The van der Waals surface area contributed by atoms with E-state index in [0.717, 1.165) is 17.5 Å². The van der Waals surface area contributed by atoms with Crippen LogP contribution in [0.3, 0.4) is 0 Å². The summed E-state index contributed by atoms with van der Waals surface area (Å²) >= 11 is 0. The summed E-state index contributed by atoms with van der Waals surface area (Å²) in [5.74, 6) is -0.195. The maximum absolute atomic E-state index is 13.0. The third kappa shape index (κ3) is 4.39. The van der Waals surface area contributed by atoms with Crippen molar-refractivity contribution in [2.24, 2.45) is 5.41 Å². The van der Waals surface area contributed by atoms with Crippen LogP contribution >= 0.6 is 0 Å². The quantitative estimate of drug-likeness (QED) is 0.845. The first-order chi connectivity index (χ1) is 8.34. The van der Waals surface area contributed by atoms with Crippen LogP contribution < -0.4 is 5.32 Å². The van der Waals surface area contributed by atoms with E-state index in [2.05, 4.69) is 26.1 Å². The van der Waals surface area contributed by atoms with Gasteiger partial charge < -0.3 is 10.4 Å². The third-order valence-electron chi connectivity index (χ3n) is 3.31. The molecule has 0 heterocycles. The van der Waals surface area contributed by atoms with Crippen LogP contribution in [-0.2, 0) is 6.54 Å². The molecule has 18 heavy (non-hydrogen) atoms. The minimum atomic E-state index is -0.195. The standard InChI is InChI=1S/C15H24FNO/c1-11-9-13(16)6-5-12(11)10-17-14(7-8-18)15(2,3)4/h5-6,9,14,17-18H,7-8,10H2,1-4H3. The molecule has 2 N–H and O–H groups in total. The zero-order valence-electron chi connectivity index (χ0n) is 11.8. The van der Waals surface area contributed by atoms with Gasteiger partial charge in [-0.05, 0) is 42.0 Å². The topological polar surface area (TPSA) is 32.3 Å². The normalized spacial score (nSPS) is 13.7.